The number of carbonyl (C=O) groups excluding carboxylic acids is 1. The molecule has 7 rings (SSSR count). The number of benzene rings is 4. The average Bonchev–Trinajstić information content (AvgIpc) is 2.97. The zero-order valence-corrected chi connectivity index (χ0v) is 20.6. The Hall–Kier alpha value is -4.31. The standard InChI is InChI=1S/C33H27N2O2/c36-33(37-23-14-5-2-6-15-23)30-28-20-11-19-24(22-12-3-1-4-13-22)31(28)34-35-29-21-10-9-17-26(29)25-16-7-8-18-27(25)32(30)35/h1,3-4,7-13,16-21,23H,2,5-6,14-15H2/q+1. The van der Waals surface area contributed by atoms with Crippen molar-refractivity contribution in [1.29, 1.82) is 0 Å². The summed E-state index contributed by atoms with van der Waals surface area (Å²) in [7, 11) is 0. The van der Waals surface area contributed by atoms with Gasteiger partial charge in [-0.1, -0.05) is 85.3 Å². The predicted octanol–water partition coefficient (Wildman–Crippen LogP) is 7.44. The van der Waals surface area contributed by atoms with Crippen molar-refractivity contribution in [2.75, 3.05) is 0 Å². The Labute approximate surface area is 215 Å². The quantitative estimate of drug-likeness (QED) is 0.114. The van der Waals surface area contributed by atoms with Gasteiger partial charge in [-0.15, -0.1) is 0 Å². The lowest BCUT2D eigenvalue weighted by atomic mass is 9.96. The van der Waals surface area contributed by atoms with Crippen molar-refractivity contribution in [2.24, 2.45) is 0 Å². The van der Waals surface area contributed by atoms with E-state index in [0.29, 0.717) is 5.56 Å². The van der Waals surface area contributed by atoms with Gasteiger partial charge < -0.3 is 4.74 Å². The van der Waals surface area contributed by atoms with E-state index in [1.54, 1.807) is 0 Å². The van der Waals surface area contributed by atoms with Gasteiger partial charge in [-0.25, -0.2) is 4.79 Å². The summed E-state index contributed by atoms with van der Waals surface area (Å²) >= 11 is 0. The SMILES string of the molecule is O=C(OC1CCCCC1)c1c2cccc(-c3ccccc3)c2n[n+]2c3ccccc3c3ccccc3c12. The molecule has 180 valence electrons. The molecule has 0 radical (unpaired) electrons. The van der Waals surface area contributed by atoms with Crippen LogP contribution in [0.4, 0.5) is 0 Å². The predicted molar refractivity (Wildman–Crippen MR) is 148 cm³/mol. The number of fused-ring (bicyclic) bond motifs is 7. The normalized spacial score (nSPS) is 14.5. The van der Waals surface area contributed by atoms with Crippen LogP contribution in [-0.4, -0.2) is 17.2 Å². The monoisotopic (exact) mass is 483 g/mol. The highest BCUT2D eigenvalue weighted by Crippen LogP contribution is 2.34. The molecular weight excluding hydrogens is 456 g/mol. The van der Waals surface area contributed by atoms with E-state index in [4.69, 9.17) is 9.84 Å². The molecule has 0 bridgehead atoms. The van der Waals surface area contributed by atoms with Gasteiger partial charge in [0.15, 0.2) is 0 Å². The van der Waals surface area contributed by atoms with Gasteiger partial charge >= 0.3 is 5.97 Å². The zero-order chi connectivity index (χ0) is 24.8. The first-order valence-corrected chi connectivity index (χ1v) is 13.1. The number of nitrogens with zero attached hydrogens (tertiary/aromatic N) is 2. The maximum absolute atomic E-state index is 14.1. The molecule has 4 heteroatoms. The molecule has 6 aromatic rings. The number of hydrogen-bond acceptors (Lipinski definition) is 3. The number of aromatic nitrogens is 2. The minimum absolute atomic E-state index is 0.0338. The van der Waals surface area contributed by atoms with Gasteiger partial charge in [0, 0.05) is 27.5 Å². The average molecular weight is 484 g/mol. The highest BCUT2D eigenvalue weighted by Gasteiger charge is 2.31. The lowest BCUT2D eigenvalue weighted by Gasteiger charge is -2.22. The summed E-state index contributed by atoms with van der Waals surface area (Å²) in [5, 5.41) is 9.25. The van der Waals surface area contributed by atoms with Gasteiger partial charge in [0.2, 0.25) is 5.52 Å². The number of para-hydroxylation sites is 1. The Bertz CT molecular complexity index is 1800. The van der Waals surface area contributed by atoms with Crippen molar-refractivity contribution in [2.45, 2.75) is 38.2 Å². The third kappa shape index (κ3) is 3.63. The molecule has 37 heavy (non-hydrogen) atoms. The van der Waals surface area contributed by atoms with Crippen LogP contribution in [0.15, 0.2) is 97.1 Å². The first kappa shape index (κ1) is 21.9. The van der Waals surface area contributed by atoms with E-state index >= 15 is 0 Å². The minimum atomic E-state index is -0.262. The second-order valence-corrected chi connectivity index (χ2v) is 9.93. The van der Waals surface area contributed by atoms with E-state index in [1.165, 1.54) is 6.42 Å². The number of rotatable bonds is 3. The third-order valence-electron chi connectivity index (χ3n) is 7.67. The summed E-state index contributed by atoms with van der Waals surface area (Å²) in [6.45, 7) is 0. The topological polar surface area (TPSA) is 43.3 Å². The Morgan fingerprint density at radius 1 is 0.703 bits per heavy atom. The number of hydrogen-bond donors (Lipinski definition) is 0. The van der Waals surface area contributed by atoms with Gasteiger partial charge in [0.1, 0.15) is 17.2 Å². The van der Waals surface area contributed by atoms with Gasteiger partial charge in [-0.05, 0) is 47.9 Å². The van der Waals surface area contributed by atoms with E-state index in [2.05, 4.69) is 48.5 Å². The molecule has 0 spiro atoms. The van der Waals surface area contributed by atoms with Crippen LogP contribution < -0.4 is 4.52 Å². The van der Waals surface area contributed by atoms with E-state index in [0.717, 1.165) is 74.9 Å². The molecule has 0 aliphatic heterocycles. The van der Waals surface area contributed by atoms with E-state index < -0.39 is 0 Å². The number of esters is 1. The molecule has 0 amide bonds. The molecule has 1 aliphatic carbocycles. The Kier molecular flexibility index (Phi) is 5.32. The van der Waals surface area contributed by atoms with Gasteiger partial charge in [-0.2, -0.15) is 0 Å². The molecular formula is C33H27N2O2+. The van der Waals surface area contributed by atoms with E-state index in [9.17, 15) is 4.79 Å². The molecule has 1 aliphatic rings. The molecule has 0 N–H and O–H groups in total. The van der Waals surface area contributed by atoms with E-state index in [-0.39, 0.29) is 12.1 Å². The van der Waals surface area contributed by atoms with E-state index in [1.807, 2.05) is 53.0 Å². The Balaban J connectivity index is 1.63. The summed E-state index contributed by atoms with van der Waals surface area (Å²) < 4.78 is 8.18. The van der Waals surface area contributed by atoms with Crippen LogP contribution in [0.25, 0.3) is 49.2 Å². The van der Waals surface area contributed by atoms with Crippen LogP contribution in [0, 0.1) is 0 Å². The molecule has 1 saturated carbocycles. The van der Waals surface area contributed by atoms with Crippen LogP contribution in [0.5, 0.6) is 0 Å². The third-order valence-corrected chi connectivity index (χ3v) is 7.67. The van der Waals surface area contributed by atoms with Crippen LogP contribution >= 0.6 is 0 Å². The van der Waals surface area contributed by atoms with Crippen molar-refractivity contribution >= 4 is 44.1 Å². The molecule has 0 saturated heterocycles. The molecule has 4 aromatic carbocycles. The molecule has 2 aromatic heterocycles. The minimum Gasteiger partial charge on any atom is -0.459 e. The van der Waals surface area contributed by atoms with Crippen molar-refractivity contribution in [3.63, 3.8) is 0 Å². The fourth-order valence-electron chi connectivity index (χ4n) is 5.92. The second-order valence-electron chi connectivity index (χ2n) is 9.93. The fraction of sp³-hybridized carbons (Fsp3) is 0.182. The summed E-state index contributed by atoms with van der Waals surface area (Å²) in [6, 6.07) is 32.9. The van der Waals surface area contributed by atoms with Gasteiger partial charge in [0.05, 0.1) is 10.8 Å². The zero-order valence-electron chi connectivity index (χ0n) is 20.6. The highest BCUT2D eigenvalue weighted by molar-refractivity contribution is 6.18. The van der Waals surface area contributed by atoms with Crippen molar-refractivity contribution < 1.29 is 14.0 Å². The van der Waals surface area contributed by atoms with Crippen LogP contribution in [-0.2, 0) is 4.74 Å². The van der Waals surface area contributed by atoms with Crippen LogP contribution in [0.1, 0.15) is 42.5 Å². The fourth-order valence-corrected chi connectivity index (χ4v) is 5.92. The maximum atomic E-state index is 14.1. The number of pyridine rings is 1. The van der Waals surface area contributed by atoms with Crippen molar-refractivity contribution in [3.05, 3.63) is 103 Å². The van der Waals surface area contributed by atoms with Crippen LogP contribution in [0.2, 0.25) is 0 Å². The van der Waals surface area contributed by atoms with Crippen molar-refractivity contribution in [1.82, 2.24) is 5.10 Å². The molecule has 0 atom stereocenters. The van der Waals surface area contributed by atoms with Crippen molar-refractivity contribution in [3.8, 4) is 11.1 Å². The summed E-state index contributed by atoms with van der Waals surface area (Å²) in [6.07, 6.45) is 5.25. The molecule has 4 nitrogen and oxygen atoms in total. The Morgan fingerprint density at radius 2 is 1.38 bits per heavy atom. The summed E-state index contributed by atoms with van der Waals surface area (Å²) in [5.74, 6) is -0.262. The van der Waals surface area contributed by atoms with Crippen LogP contribution in [0.3, 0.4) is 0 Å². The maximum Gasteiger partial charge on any atom is 0.346 e. The van der Waals surface area contributed by atoms with Gasteiger partial charge in [0.25, 0.3) is 5.52 Å². The lowest BCUT2D eigenvalue weighted by Crippen LogP contribution is -2.32. The lowest BCUT2D eigenvalue weighted by molar-refractivity contribution is -0.548. The number of carbonyl (C=O) groups is 1. The first-order valence-electron chi connectivity index (χ1n) is 13.1. The number of ether oxygens (including phenoxy) is 1. The molecule has 2 heterocycles. The summed E-state index contributed by atoms with van der Waals surface area (Å²) in [4.78, 5) is 14.1. The summed E-state index contributed by atoms with van der Waals surface area (Å²) in [5.41, 5.74) is 5.21. The van der Waals surface area contributed by atoms with Gasteiger partial charge in [-0.3, -0.25) is 0 Å². The highest BCUT2D eigenvalue weighted by atomic mass is 16.5. The first-order chi connectivity index (χ1) is 18.3. The smallest absolute Gasteiger partial charge is 0.346 e. The second kappa shape index (κ2) is 8.97. The largest absolute Gasteiger partial charge is 0.459 e. The Morgan fingerprint density at radius 3 is 2.19 bits per heavy atom. The molecule has 1 fully saturated rings. The molecule has 0 unspecified atom stereocenters.